The number of phenols is 2. The van der Waals surface area contributed by atoms with Crippen LogP contribution in [0, 0.1) is 0 Å². The zero-order chi connectivity index (χ0) is 15.4. The maximum atomic E-state index is 12.0. The van der Waals surface area contributed by atoms with Crippen LogP contribution < -0.4 is 5.32 Å². The number of nitrogens with one attached hydrogen (secondary N) is 1. The van der Waals surface area contributed by atoms with Crippen molar-refractivity contribution < 1.29 is 24.5 Å². The Labute approximate surface area is 120 Å². The Balaban J connectivity index is 2.31. The van der Waals surface area contributed by atoms with Crippen molar-refractivity contribution in [1.29, 1.82) is 0 Å². The van der Waals surface area contributed by atoms with Crippen LogP contribution >= 0.6 is 0 Å². The molecule has 0 aromatic heterocycles. The van der Waals surface area contributed by atoms with Gasteiger partial charge in [-0.05, 0) is 24.3 Å². The Morgan fingerprint density at radius 2 is 1.52 bits per heavy atom. The summed E-state index contributed by atoms with van der Waals surface area (Å²) in [5, 5.41) is 22.2. The topological polar surface area (TPSA) is 95.9 Å². The molecular weight excluding hydrogens is 274 g/mol. The molecule has 0 atom stereocenters. The number of anilines is 1. The molecule has 0 heterocycles. The molecule has 0 bridgehead atoms. The number of benzene rings is 2. The summed E-state index contributed by atoms with van der Waals surface area (Å²) >= 11 is 0. The van der Waals surface area contributed by atoms with E-state index in [9.17, 15) is 19.8 Å². The first-order valence-electron chi connectivity index (χ1n) is 6.04. The van der Waals surface area contributed by atoms with Gasteiger partial charge in [0.25, 0.3) is 5.91 Å². The Morgan fingerprint density at radius 3 is 2.14 bits per heavy atom. The van der Waals surface area contributed by atoms with Gasteiger partial charge in [0, 0.05) is 5.69 Å². The predicted octanol–water partition coefficient (Wildman–Crippen LogP) is 2.14. The number of aromatic hydroxyl groups is 2. The van der Waals surface area contributed by atoms with Gasteiger partial charge in [-0.25, -0.2) is 4.79 Å². The number of rotatable bonds is 3. The summed E-state index contributed by atoms with van der Waals surface area (Å²) in [4.78, 5) is 23.4. The third kappa shape index (κ3) is 2.94. The fourth-order valence-electron chi connectivity index (χ4n) is 1.76. The molecule has 0 spiro atoms. The molecule has 3 N–H and O–H groups in total. The number of carbonyl (C=O) groups is 2. The lowest BCUT2D eigenvalue weighted by Crippen LogP contribution is -2.13. The van der Waals surface area contributed by atoms with E-state index >= 15 is 0 Å². The van der Waals surface area contributed by atoms with E-state index in [4.69, 9.17) is 0 Å². The van der Waals surface area contributed by atoms with E-state index in [-0.39, 0.29) is 11.1 Å². The molecule has 2 aromatic rings. The number of methoxy groups -OCH3 is 1. The van der Waals surface area contributed by atoms with Gasteiger partial charge < -0.3 is 20.3 Å². The maximum absolute atomic E-state index is 12.0. The van der Waals surface area contributed by atoms with Crippen molar-refractivity contribution in [2.45, 2.75) is 0 Å². The van der Waals surface area contributed by atoms with Gasteiger partial charge in [-0.2, -0.15) is 0 Å². The van der Waals surface area contributed by atoms with Crippen LogP contribution in [0.1, 0.15) is 20.7 Å². The predicted molar refractivity (Wildman–Crippen MR) is 75.5 cm³/mol. The van der Waals surface area contributed by atoms with E-state index in [1.807, 2.05) is 0 Å². The molecular formula is C15H13NO5. The molecule has 6 nitrogen and oxygen atoms in total. The fourth-order valence-corrected chi connectivity index (χ4v) is 1.76. The number of esters is 1. The van der Waals surface area contributed by atoms with Crippen molar-refractivity contribution >= 4 is 17.6 Å². The SMILES string of the molecule is COC(=O)c1ccc(C(=O)Nc2ccccc2)c(O)c1O. The first kappa shape index (κ1) is 14.4. The van der Waals surface area contributed by atoms with Gasteiger partial charge in [0.1, 0.15) is 5.56 Å². The van der Waals surface area contributed by atoms with Gasteiger partial charge in [0.15, 0.2) is 11.5 Å². The van der Waals surface area contributed by atoms with Crippen molar-refractivity contribution in [1.82, 2.24) is 0 Å². The van der Waals surface area contributed by atoms with Gasteiger partial charge in [-0.1, -0.05) is 18.2 Å². The standard InChI is InChI=1S/C15H13NO5/c1-21-15(20)11-8-7-10(12(17)13(11)18)14(19)16-9-5-3-2-4-6-9/h2-8,17-18H,1H3,(H,16,19). The summed E-state index contributed by atoms with van der Waals surface area (Å²) < 4.78 is 4.46. The van der Waals surface area contributed by atoms with Crippen LogP contribution in [0.15, 0.2) is 42.5 Å². The van der Waals surface area contributed by atoms with E-state index < -0.39 is 23.4 Å². The monoisotopic (exact) mass is 287 g/mol. The molecule has 1 amide bonds. The molecule has 2 aromatic carbocycles. The molecule has 2 rings (SSSR count). The number of hydrogen-bond acceptors (Lipinski definition) is 5. The van der Waals surface area contributed by atoms with Crippen molar-refractivity contribution in [3.05, 3.63) is 53.6 Å². The summed E-state index contributed by atoms with van der Waals surface area (Å²) in [6.07, 6.45) is 0. The molecule has 0 aliphatic rings. The minimum Gasteiger partial charge on any atom is -0.504 e. The van der Waals surface area contributed by atoms with Gasteiger partial charge in [-0.3, -0.25) is 4.79 Å². The van der Waals surface area contributed by atoms with Crippen molar-refractivity contribution in [2.75, 3.05) is 12.4 Å². The van der Waals surface area contributed by atoms with Crippen LogP contribution in [0.4, 0.5) is 5.69 Å². The van der Waals surface area contributed by atoms with E-state index in [0.717, 1.165) is 7.11 Å². The van der Waals surface area contributed by atoms with E-state index in [1.54, 1.807) is 30.3 Å². The summed E-state index contributed by atoms with van der Waals surface area (Å²) in [6.45, 7) is 0. The second kappa shape index (κ2) is 5.96. The quantitative estimate of drug-likeness (QED) is 0.593. The van der Waals surface area contributed by atoms with Crippen LogP contribution in [0.3, 0.4) is 0 Å². The van der Waals surface area contributed by atoms with Gasteiger partial charge in [-0.15, -0.1) is 0 Å². The Hall–Kier alpha value is -3.02. The zero-order valence-corrected chi connectivity index (χ0v) is 11.2. The lowest BCUT2D eigenvalue weighted by Gasteiger charge is -2.10. The van der Waals surface area contributed by atoms with Crippen LogP contribution in [-0.2, 0) is 4.74 Å². The van der Waals surface area contributed by atoms with Crippen LogP contribution in [0.25, 0.3) is 0 Å². The second-order valence-corrected chi connectivity index (χ2v) is 4.17. The highest BCUT2D eigenvalue weighted by molar-refractivity contribution is 6.08. The molecule has 21 heavy (non-hydrogen) atoms. The third-order valence-corrected chi connectivity index (χ3v) is 2.83. The highest BCUT2D eigenvalue weighted by Gasteiger charge is 2.21. The molecule has 0 aliphatic heterocycles. The highest BCUT2D eigenvalue weighted by Crippen LogP contribution is 2.33. The lowest BCUT2D eigenvalue weighted by atomic mass is 10.1. The molecule has 0 unspecified atom stereocenters. The van der Waals surface area contributed by atoms with Crippen molar-refractivity contribution in [3.8, 4) is 11.5 Å². The minimum atomic E-state index is -0.808. The normalized spacial score (nSPS) is 9.95. The molecule has 6 heteroatoms. The van der Waals surface area contributed by atoms with Crippen LogP contribution in [0.2, 0.25) is 0 Å². The van der Waals surface area contributed by atoms with Crippen LogP contribution in [0.5, 0.6) is 11.5 Å². The number of hydrogen-bond donors (Lipinski definition) is 3. The van der Waals surface area contributed by atoms with Gasteiger partial charge in [0.2, 0.25) is 0 Å². The number of para-hydroxylation sites is 1. The van der Waals surface area contributed by atoms with Crippen molar-refractivity contribution in [2.24, 2.45) is 0 Å². The van der Waals surface area contributed by atoms with Crippen LogP contribution in [-0.4, -0.2) is 29.2 Å². The summed E-state index contributed by atoms with van der Waals surface area (Å²) in [5.74, 6) is -2.78. The summed E-state index contributed by atoms with van der Waals surface area (Å²) in [6, 6.07) is 11.1. The highest BCUT2D eigenvalue weighted by atomic mass is 16.5. The Morgan fingerprint density at radius 1 is 0.952 bits per heavy atom. The number of phenolic OH excluding ortho intramolecular Hbond substituents is 2. The smallest absolute Gasteiger partial charge is 0.341 e. The molecule has 0 saturated heterocycles. The lowest BCUT2D eigenvalue weighted by molar-refractivity contribution is 0.0596. The van der Waals surface area contributed by atoms with Crippen molar-refractivity contribution in [3.63, 3.8) is 0 Å². The average Bonchev–Trinajstić information content (AvgIpc) is 2.50. The summed E-state index contributed by atoms with van der Waals surface area (Å²) in [7, 11) is 1.15. The first-order valence-corrected chi connectivity index (χ1v) is 6.04. The molecule has 0 saturated carbocycles. The Kier molecular flexibility index (Phi) is 4.08. The summed E-state index contributed by atoms with van der Waals surface area (Å²) in [5.41, 5.74) is 0.175. The van der Waals surface area contributed by atoms with E-state index in [2.05, 4.69) is 10.1 Å². The maximum Gasteiger partial charge on any atom is 0.341 e. The Bertz CT molecular complexity index is 682. The molecule has 0 aliphatic carbocycles. The number of amides is 1. The van der Waals surface area contributed by atoms with E-state index in [0.29, 0.717) is 5.69 Å². The fraction of sp³-hybridized carbons (Fsp3) is 0.0667. The largest absolute Gasteiger partial charge is 0.504 e. The average molecular weight is 287 g/mol. The number of ether oxygens (including phenoxy) is 1. The molecule has 0 radical (unpaired) electrons. The molecule has 108 valence electrons. The number of carbonyl (C=O) groups excluding carboxylic acids is 2. The zero-order valence-electron chi connectivity index (χ0n) is 11.2. The first-order chi connectivity index (χ1) is 10.0. The minimum absolute atomic E-state index is 0.149. The van der Waals surface area contributed by atoms with E-state index in [1.165, 1.54) is 12.1 Å². The molecule has 0 fully saturated rings. The van der Waals surface area contributed by atoms with Gasteiger partial charge in [0.05, 0.1) is 12.7 Å². The third-order valence-electron chi connectivity index (χ3n) is 2.83. The van der Waals surface area contributed by atoms with Gasteiger partial charge >= 0.3 is 5.97 Å². The second-order valence-electron chi connectivity index (χ2n) is 4.17.